The minimum atomic E-state index is -0.201. The molecular formula is C18H22N4O3S. The number of aromatic nitrogens is 2. The van der Waals surface area contributed by atoms with E-state index in [2.05, 4.69) is 22.4 Å². The number of amides is 2. The molecule has 26 heavy (non-hydrogen) atoms. The number of carbonyl (C=O) groups excluding carboxylic acids is 2. The van der Waals surface area contributed by atoms with Crippen LogP contribution >= 0.6 is 11.8 Å². The van der Waals surface area contributed by atoms with Gasteiger partial charge in [-0.25, -0.2) is 0 Å². The van der Waals surface area contributed by atoms with Crippen molar-refractivity contribution in [2.24, 2.45) is 5.92 Å². The topological polar surface area (TPSA) is 88.3 Å². The van der Waals surface area contributed by atoms with E-state index >= 15 is 0 Å². The third-order valence-corrected chi connectivity index (χ3v) is 5.14. The minimum absolute atomic E-state index is 0.0963. The summed E-state index contributed by atoms with van der Waals surface area (Å²) in [6.07, 6.45) is 2.12. The first-order valence-electron chi connectivity index (χ1n) is 8.68. The lowest BCUT2D eigenvalue weighted by atomic mass is 9.99. The number of likely N-dealkylation sites (tertiary alicyclic amines) is 1. The minimum Gasteiger partial charge on any atom is -0.414 e. The summed E-state index contributed by atoms with van der Waals surface area (Å²) in [6, 6.07) is 8.92. The number of hydrogen-bond donors (Lipinski definition) is 1. The lowest BCUT2D eigenvalue weighted by molar-refractivity contribution is -0.129. The number of thioether (sulfide) groups is 1. The van der Waals surface area contributed by atoms with Gasteiger partial charge in [0.25, 0.3) is 11.1 Å². The summed E-state index contributed by atoms with van der Waals surface area (Å²) >= 11 is 1.23. The van der Waals surface area contributed by atoms with Gasteiger partial charge in [0.2, 0.25) is 11.8 Å². The molecule has 0 aliphatic carbocycles. The van der Waals surface area contributed by atoms with Crippen LogP contribution in [0.3, 0.4) is 0 Å². The fraction of sp³-hybridized carbons (Fsp3) is 0.444. The maximum atomic E-state index is 12.2. The molecule has 0 atom stereocenters. The van der Waals surface area contributed by atoms with Crippen LogP contribution in [0, 0.1) is 5.92 Å². The van der Waals surface area contributed by atoms with Crippen LogP contribution in [0.4, 0.5) is 0 Å². The molecule has 0 unspecified atom stereocenters. The molecular weight excluding hydrogens is 352 g/mol. The molecule has 2 heterocycles. The Morgan fingerprint density at radius 3 is 2.69 bits per heavy atom. The van der Waals surface area contributed by atoms with Gasteiger partial charge in [-0.15, -0.1) is 10.2 Å². The molecule has 138 valence electrons. The number of nitrogens with zero attached hydrogens (tertiary/aromatic N) is 3. The Kier molecular flexibility index (Phi) is 6.27. The Hall–Kier alpha value is -2.35. The van der Waals surface area contributed by atoms with Gasteiger partial charge in [0, 0.05) is 18.7 Å². The van der Waals surface area contributed by atoms with Crippen LogP contribution < -0.4 is 5.32 Å². The second-order valence-electron chi connectivity index (χ2n) is 6.36. The van der Waals surface area contributed by atoms with Gasteiger partial charge in [-0.3, -0.25) is 9.59 Å². The van der Waals surface area contributed by atoms with E-state index < -0.39 is 0 Å². The van der Waals surface area contributed by atoms with Crippen molar-refractivity contribution >= 4 is 23.6 Å². The summed E-state index contributed by atoms with van der Waals surface area (Å²) < 4.78 is 5.48. The zero-order chi connectivity index (χ0) is 18.4. The van der Waals surface area contributed by atoms with Crippen LogP contribution in [0.25, 0.3) is 0 Å². The van der Waals surface area contributed by atoms with E-state index in [1.807, 2.05) is 11.0 Å². The molecule has 0 spiro atoms. The average Bonchev–Trinajstić information content (AvgIpc) is 3.13. The largest absolute Gasteiger partial charge is 0.414 e. The van der Waals surface area contributed by atoms with Crippen LogP contribution in [0.15, 0.2) is 40.0 Å². The van der Waals surface area contributed by atoms with Crippen molar-refractivity contribution in [2.45, 2.75) is 31.5 Å². The molecule has 0 saturated carbocycles. The van der Waals surface area contributed by atoms with Gasteiger partial charge in [-0.1, -0.05) is 36.9 Å². The molecule has 0 bridgehead atoms. The Morgan fingerprint density at radius 1 is 1.23 bits per heavy atom. The van der Waals surface area contributed by atoms with Crippen molar-refractivity contribution in [2.75, 3.05) is 18.8 Å². The van der Waals surface area contributed by atoms with Crippen LogP contribution in [-0.4, -0.2) is 45.8 Å². The standard InChI is InChI=1S/C18H22N4O3S/c1-13-7-9-22(10-8-13)16(23)12-26-18-21-20-15(25-18)11-19-17(24)14-5-3-2-4-6-14/h2-6,13H,7-12H2,1H3,(H,19,24). The Labute approximate surface area is 156 Å². The van der Waals surface area contributed by atoms with E-state index in [1.165, 1.54) is 11.8 Å². The molecule has 2 amide bonds. The van der Waals surface area contributed by atoms with Crippen molar-refractivity contribution in [1.29, 1.82) is 0 Å². The zero-order valence-electron chi connectivity index (χ0n) is 14.7. The third-order valence-electron chi connectivity index (χ3n) is 4.34. The molecule has 0 radical (unpaired) electrons. The van der Waals surface area contributed by atoms with Gasteiger partial charge in [0.15, 0.2) is 0 Å². The summed E-state index contributed by atoms with van der Waals surface area (Å²) in [4.78, 5) is 26.1. The summed E-state index contributed by atoms with van der Waals surface area (Å²) in [7, 11) is 0. The normalized spacial score (nSPS) is 15.0. The fourth-order valence-corrected chi connectivity index (χ4v) is 3.37. The number of rotatable bonds is 6. The predicted octanol–water partition coefficient (Wildman–Crippen LogP) is 2.35. The van der Waals surface area contributed by atoms with Crippen molar-refractivity contribution in [1.82, 2.24) is 20.4 Å². The summed E-state index contributed by atoms with van der Waals surface area (Å²) in [5, 5.41) is 10.9. The zero-order valence-corrected chi connectivity index (χ0v) is 15.5. The summed E-state index contributed by atoms with van der Waals surface area (Å²) in [6.45, 7) is 4.01. The van der Waals surface area contributed by atoms with E-state index in [-0.39, 0.29) is 24.1 Å². The van der Waals surface area contributed by atoms with E-state index in [0.29, 0.717) is 22.6 Å². The lowest BCUT2D eigenvalue weighted by Crippen LogP contribution is -2.38. The van der Waals surface area contributed by atoms with Gasteiger partial charge in [0.1, 0.15) is 0 Å². The van der Waals surface area contributed by atoms with Gasteiger partial charge >= 0.3 is 0 Å². The highest BCUT2D eigenvalue weighted by atomic mass is 32.2. The van der Waals surface area contributed by atoms with E-state index in [4.69, 9.17) is 4.42 Å². The number of nitrogens with one attached hydrogen (secondary N) is 1. The molecule has 7 nitrogen and oxygen atoms in total. The molecule has 1 aromatic carbocycles. The molecule has 8 heteroatoms. The van der Waals surface area contributed by atoms with Crippen LogP contribution in [0.5, 0.6) is 0 Å². The highest BCUT2D eigenvalue weighted by molar-refractivity contribution is 7.99. The summed E-state index contributed by atoms with van der Waals surface area (Å²) in [5.74, 6) is 1.19. The van der Waals surface area contributed by atoms with E-state index in [1.54, 1.807) is 24.3 Å². The maximum absolute atomic E-state index is 12.2. The maximum Gasteiger partial charge on any atom is 0.277 e. The molecule has 2 aromatic rings. The number of carbonyl (C=O) groups is 2. The predicted molar refractivity (Wildman–Crippen MR) is 97.6 cm³/mol. The fourth-order valence-electron chi connectivity index (χ4n) is 2.69. The average molecular weight is 374 g/mol. The van der Waals surface area contributed by atoms with Crippen LogP contribution in [0.1, 0.15) is 36.0 Å². The highest BCUT2D eigenvalue weighted by Crippen LogP contribution is 2.20. The van der Waals surface area contributed by atoms with Gasteiger partial charge in [-0.05, 0) is 30.9 Å². The monoisotopic (exact) mass is 374 g/mol. The van der Waals surface area contributed by atoms with Crippen molar-refractivity contribution in [3.8, 4) is 0 Å². The Bertz CT molecular complexity index is 742. The van der Waals surface area contributed by atoms with Crippen LogP contribution in [0.2, 0.25) is 0 Å². The van der Waals surface area contributed by atoms with Gasteiger partial charge in [0.05, 0.1) is 12.3 Å². The smallest absolute Gasteiger partial charge is 0.277 e. The molecule has 1 aliphatic rings. The second-order valence-corrected chi connectivity index (χ2v) is 7.29. The van der Waals surface area contributed by atoms with E-state index in [0.717, 1.165) is 25.9 Å². The molecule has 1 saturated heterocycles. The van der Waals surface area contributed by atoms with Crippen LogP contribution in [-0.2, 0) is 11.3 Å². The van der Waals surface area contributed by atoms with Crippen molar-refractivity contribution in [3.63, 3.8) is 0 Å². The van der Waals surface area contributed by atoms with E-state index in [9.17, 15) is 9.59 Å². The first-order chi connectivity index (χ1) is 12.6. The first-order valence-corrected chi connectivity index (χ1v) is 9.66. The number of piperidine rings is 1. The summed E-state index contributed by atoms with van der Waals surface area (Å²) in [5.41, 5.74) is 0.572. The SMILES string of the molecule is CC1CCN(C(=O)CSc2nnc(CNC(=O)c3ccccc3)o2)CC1. The second kappa shape index (κ2) is 8.84. The molecule has 1 N–H and O–H groups in total. The molecule has 1 aromatic heterocycles. The highest BCUT2D eigenvalue weighted by Gasteiger charge is 2.21. The quantitative estimate of drug-likeness (QED) is 0.781. The third kappa shape index (κ3) is 5.08. The van der Waals surface area contributed by atoms with Gasteiger partial charge < -0.3 is 14.6 Å². The molecule has 1 aliphatic heterocycles. The lowest BCUT2D eigenvalue weighted by Gasteiger charge is -2.30. The Morgan fingerprint density at radius 2 is 1.96 bits per heavy atom. The molecule has 3 rings (SSSR count). The van der Waals surface area contributed by atoms with Crippen molar-refractivity contribution < 1.29 is 14.0 Å². The molecule has 1 fully saturated rings. The Balaban J connectivity index is 1.43. The first kappa shape index (κ1) is 18.4. The van der Waals surface area contributed by atoms with Gasteiger partial charge in [-0.2, -0.15) is 0 Å². The number of hydrogen-bond acceptors (Lipinski definition) is 6. The number of benzene rings is 1. The van der Waals surface area contributed by atoms with Crippen molar-refractivity contribution in [3.05, 3.63) is 41.8 Å².